The van der Waals surface area contributed by atoms with Crippen molar-refractivity contribution in [3.8, 4) is 0 Å². The SMILES string of the molecule is CC(C)=CCC[C@@H](C)[C@H]1CC[C@H]2[C@@H]3CC=C4C(C)(C)C(=O)CC[C@]4(C)[C@H]3C[C@@H](O)[C@]12C. The smallest absolute Gasteiger partial charge is 0.142 e. The zero-order valence-electron chi connectivity index (χ0n) is 21.1. The van der Waals surface area contributed by atoms with E-state index in [9.17, 15) is 9.90 Å². The molecule has 0 spiro atoms. The first-order valence-electron chi connectivity index (χ1n) is 13.0. The molecule has 3 fully saturated rings. The van der Waals surface area contributed by atoms with Gasteiger partial charge in [0.2, 0.25) is 0 Å². The number of carbonyl (C=O) groups excluding carboxylic acids is 1. The van der Waals surface area contributed by atoms with Crippen molar-refractivity contribution in [3.05, 3.63) is 23.3 Å². The Morgan fingerprint density at radius 1 is 1.19 bits per heavy atom. The van der Waals surface area contributed by atoms with Crippen LogP contribution in [0.1, 0.15) is 99.8 Å². The molecule has 0 saturated heterocycles. The number of ketones is 1. The lowest BCUT2D eigenvalue weighted by atomic mass is 9.43. The fourth-order valence-electron chi connectivity index (χ4n) is 8.98. The summed E-state index contributed by atoms with van der Waals surface area (Å²) in [6, 6.07) is 0. The number of allylic oxidation sites excluding steroid dienone is 4. The largest absolute Gasteiger partial charge is 0.393 e. The van der Waals surface area contributed by atoms with Gasteiger partial charge in [0, 0.05) is 11.8 Å². The lowest BCUT2D eigenvalue weighted by Gasteiger charge is -2.61. The van der Waals surface area contributed by atoms with Crippen molar-refractivity contribution in [3.63, 3.8) is 0 Å². The molecule has 0 bridgehead atoms. The summed E-state index contributed by atoms with van der Waals surface area (Å²) in [6.07, 6.45) is 13.3. The Labute approximate surface area is 191 Å². The molecule has 0 aromatic heterocycles. The monoisotopic (exact) mass is 426 g/mol. The van der Waals surface area contributed by atoms with Crippen LogP contribution in [-0.2, 0) is 4.79 Å². The third kappa shape index (κ3) is 3.42. The Morgan fingerprint density at radius 2 is 1.90 bits per heavy atom. The lowest BCUT2D eigenvalue weighted by Crippen LogP contribution is -2.58. The number of aliphatic hydroxyl groups excluding tert-OH is 1. The van der Waals surface area contributed by atoms with Gasteiger partial charge in [0.15, 0.2) is 0 Å². The van der Waals surface area contributed by atoms with E-state index in [2.05, 4.69) is 60.6 Å². The first kappa shape index (κ1) is 23.3. The van der Waals surface area contributed by atoms with E-state index in [1.165, 1.54) is 30.4 Å². The van der Waals surface area contributed by atoms with Crippen LogP contribution in [0.2, 0.25) is 0 Å². The van der Waals surface area contributed by atoms with Crippen LogP contribution in [0.4, 0.5) is 0 Å². The minimum Gasteiger partial charge on any atom is -0.393 e. The van der Waals surface area contributed by atoms with Crippen LogP contribution in [0, 0.1) is 45.8 Å². The zero-order chi connectivity index (χ0) is 22.8. The molecule has 0 aromatic carbocycles. The topological polar surface area (TPSA) is 37.3 Å². The Morgan fingerprint density at radius 3 is 2.58 bits per heavy atom. The summed E-state index contributed by atoms with van der Waals surface area (Å²) in [6.45, 7) is 16.0. The highest BCUT2D eigenvalue weighted by atomic mass is 16.3. The summed E-state index contributed by atoms with van der Waals surface area (Å²) in [4.78, 5) is 12.7. The van der Waals surface area contributed by atoms with Crippen LogP contribution in [0.15, 0.2) is 23.3 Å². The van der Waals surface area contributed by atoms with E-state index in [1.807, 2.05) is 0 Å². The summed E-state index contributed by atoms with van der Waals surface area (Å²) < 4.78 is 0. The second kappa shape index (κ2) is 7.86. The number of fused-ring (bicyclic) bond motifs is 5. The number of hydrogen-bond donors (Lipinski definition) is 1. The summed E-state index contributed by atoms with van der Waals surface area (Å²) in [7, 11) is 0. The minimum atomic E-state index is -0.332. The van der Waals surface area contributed by atoms with E-state index in [0.29, 0.717) is 41.8 Å². The predicted molar refractivity (Wildman–Crippen MR) is 129 cm³/mol. The highest BCUT2D eigenvalue weighted by Gasteiger charge is 2.64. The van der Waals surface area contributed by atoms with Crippen LogP contribution in [0.3, 0.4) is 0 Å². The fraction of sp³-hybridized carbons (Fsp3) is 0.828. The van der Waals surface area contributed by atoms with Gasteiger partial charge < -0.3 is 5.11 Å². The summed E-state index contributed by atoms with van der Waals surface area (Å²) in [5.74, 6) is 3.50. The minimum absolute atomic E-state index is 0.0489. The van der Waals surface area contributed by atoms with Crippen LogP contribution in [0.5, 0.6) is 0 Å². The lowest BCUT2D eigenvalue weighted by molar-refractivity contribution is -0.145. The molecule has 4 aliphatic carbocycles. The molecule has 0 unspecified atom stereocenters. The van der Waals surface area contributed by atoms with Gasteiger partial charge in [-0.1, -0.05) is 44.1 Å². The van der Waals surface area contributed by atoms with E-state index in [-0.39, 0.29) is 22.3 Å². The Kier molecular flexibility index (Phi) is 5.90. The average molecular weight is 427 g/mol. The van der Waals surface area contributed by atoms with E-state index in [0.717, 1.165) is 25.7 Å². The molecule has 3 saturated carbocycles. The standard InChI is InChI=1S/C29H46O2/c1-18(2)9-8-10-19(3)21-12-13-22-20-11-14-24-27(4,5)25(30)15-16-28(24,6)23(20)17-26(31)29(21,22)7/h9,14,19-23,26,31H,8,10-13,15-17H2,1-7H3/t19-,20+,21-,22+,23+,26-,28-,29-/m1/s1. The molecule has 0 amide bonds. The molecule has 0 aromatic rings. The van der Waals surface area contributed by atoms with Gasteiger partial charge in [0.05, 0.1) is 6.10 Å². The van der Waals surface area contributed by atoms with Gasteiger partial charge in [0.1, 0.15) is 5.78 Å². The molecule has 0 heterocycles. The van der Waals surface area contributed by atoms with Crippen molar-refractivity contribution in [2.45, 2.75) is 106 Å². The molecule has 4 aliphatic rings. The van der Waals surface area contributed by atoms with Crippen LogP contribution in [-0.4, -0.2) is 17.0 Å². The maximum absolute atomic E-state index is 12.7. The van der Waals surface area contributed by atoms with E-state index >= 15 is 0 Å². The number of carbonyl (C=O) groups is 1. The Balaban J connectivity index is 1.61. The summed E-state index contributed by atoms with van der Waals surface area (Å²) in [5.41, 5.74) is 2.60. The van der Waals surface area contributed by atoms with Crippen molar-refractivity contribution in [2.75, 3.05) is 0 Å². The Hall–Kier alpha value is -0.890. The van der Waals surface area contributed by atoms with Gasteiger partial charge >= 0.3 is 0 Å². The van der Waals surface area contributed by atoms with Gasteiger partial charge in [-0.3, -0.25) is 4.79 Å². The van der Waals surface area contributed by atoms with Crippen molar-refractivity contribution in [2.24, 2.45) is 45.8 Å². The second-order valence-electron chi connectivity index (χ2n) is 12.8. The normalized spacial score (nSPS) is 44.6. The fourth-order valence-corrected chi connectivity index (χ4v) is 8.98. The number of aliphatic hydroxyl groups is 1. The Bertz CT molecular complexity index is 785. The quantitative estimate of drug-likeness (QED) is 0.486. The van der Waals surface area contributed by atoms with E-state index in [4.69, 9.17) is 0 Å². The average Bonchev–Trinajstić information content (AvgIpc) is 3.05. The maximum atomic E-state index is 12.7. The van der Waals surface area contributed by atoms with Gasteiger partial charge in [-0.25, -0.2) is 0 Å². The number of hydrogen-bond acceptors (Lipinski definition) is 2. The molecule has 0 radical (unpaired) electrons. The highest BCUT2D eigenvalue weighted by Crippen LogP contribution is 2.68. The van der Waals surface area contributed by atoms with Gasteiger partial charge in [-0.2, -0.15) is 0 Å². The molecular formula is C29H46O2. The molecule has 8 atom stereocenters. The molecule has 2 heteroatoms. The third-order valence-electron chi connectivity index (χ3n) is 10.7. The molecule has 31 heavy (non-hydrogen) atoms. The molecule has 4 rings (SSSR count). The van der Waals surface area contributed by atoms with Gasteiger partial charge in [-0.15, -0.1) is 0 Å². The summed E-state index contributed by atoms with van der Waals surface area (Å²) >= 11 is 0. The van der Waals surface area contributed by atoms with E-state index in [1.54, 1.807) is 0 Å². The zero-order valence-corrected chi connectivity index (χ0v) is 21.1. The maximum Gasteiger partial charge on any atom is 0.142 e. The number of Topliss-reactive ketones (excluding diaryl/α,β-unsaturated/α-hetero) is 1. The van der Waals surface area contributed by atoms with Crippen molar-refractivity contribution in [1.29, 1.82) is 0 Å². The van der Waals surface area contributed by atoms with Crippen molar-refractivity contribution >= 4 is 5.78 Å². The van der Waals surface area contributed by atoms with E-state index < -0.39 is 0 Å². The van der Waals surface area contributed by atoms with Crippen LogP contribution in [0.25, 0.3) is 0 Å². The van der Waals surface area contributed by atoms with Gasteiger partial charge in [-0.05, 0) is 113 Å². The highest BCUT2D eigenvalue weighted by molar-refractivity contribution is 5.89. The summed E-state index contributed by atoms with van der Waals surface area (Å²) in [5, 5.41) is 11.7. The third-order valence-corrected chi connectivity index (χ3v) is 10.7. The first-order chi connectivity index (χ1) is 14.4. The molecular weight excluding hydrogens is 380 g/mol. The molecule has 174 valence electrons. The molecule has 2 nitrogen and oxygen atoms in total. The van der Waals surface area contributed by atoms with Gasteiger partial charge in [0.25, 0.3) is 0 Å². The van der Waals surface area contributed by atoms with Crippen molar-refractivity contribution < 1.29 is 9.90 Å². The first-order valence-corrected chi connectivity index (χ1v) is 13.0. The molecule has 0 aliphatic heterocycles. The molecule has 1 N–H and O–H groups in total. The van der Waals surface area contributed by atoms with Crippen LogP contribution >= 0.6 is 0 Å². The van der Waals surface area contributed by atoms with Crippen molar-refractivity contribution in [1.82, 2.24) is 0 Å². The predicted octanol–water partition coefficient (Wildman–Crippen LogP) is 7.12. The second-order valence-corrected chi connectivity index (χ2v) is 12.8. The number of rotatable bonds is 4. The van der Waals surface area contributed by atoms with Crippen LogP contribution < -0.4 is 0 Å².